The second kappa shape index (κ2) is 39.8. The summed E-state index contributed by atoms with van der Waals surface area (Å²) in [6.07, 6.45) is 17.1. The number of aromatic hydroxyl groups is 1. The minimum atomic E-state index is -0.750. The fourth-order valence-electron chi connectivity index (χ4n) is 6.70. The molecule has 4 fully saturated rings. The molecule has 0 saturated heterocycles. The molecule has 0 amide bonds. The third-order valence-electron chi connectivity index (χ3n) is 11.8. The van der Waals surface area contributed by atoms with Gasteiger partial charge in [-0.25, -0.2) is 0 Å². The molecule has 2 atom stereocenters. The number of benzene rings is 4. The minimum absolute atomic E-state index is 0. The van der Waals surface area contributed by atoms with Gasteiger partial charge in [-0.3, -0.25) is 9.59 Å². The number of phenolic OH excluding ortho intramolecular Hbond substituents is 1. The molecule has 2 unspecified atom stereocenters. The van der Waals surface area contributed by atoms with Gasteiger partial charge >= 0.3 is 51.4 Å². The number of nitriles is 2. The Morgan fingerprint density at radius 3 is 1.33 bits per heavy atom. The number of ether oxygens (including phenoxy) is 3. The number of hydrogen-bond acceptors (Lipinski definition) is 12. The van der Waals surface area contributed by atoms with E-state index in [2.05, 4.69) is 15.9 Å². The summed E-state index contributed by atoms with van der Waals surface area (Å²) in [4.78, 5) is 20.6. The van der Waals surface area contributed by atoms with Gasteiger partial charge in [0.05, 0.1) is 50.6 Å². The van der Waals surface area contributed by atoms with Crippen molar-refractivity contribution in [2.24, 2.45) is 29.4 Å². The molecule has 12 nitrogen and oxygen atoms in total. The summed E-state index contributed by atoms with van der Waals surface area (Å²) in [5, 5.41) is 55.5. The van der Waals surface area contributed by atoms with Crippen LogP contribution in [-0.4, -0.2) is 65.2 Å². The van der Waals surface area contributed by atoms with Gasteiger partial charge in [0.15, 0.2) is 0 Å². The monoisotopic (exact) mass is 1080 g/mol. The molecule has 0 heterocycles. The average Bonchev–Trinajstić information content (AvgIpc) is 3.28. The molecule has 4 aromatic rings. The van der Waals surface area contributed by atoms with E-state index in [-0.39, 0.29) is 63.6 Å². The molecule has 0 aliphatic heterocycles. The molecule has 0 radical (unpaired) electrons. The smallest absolute Gasteiger partial charge is 0.850 e. The molecule has 14 heteroatoms. The van der Waals surface area contributed by atoms with Crippen LogP contribution in [0.5, 0.6) is 23.0 Å². The topological polar surface area (TPSA) is 219 Å². The Kier molecular flexibility index (Phi) is 36.7. The Bertz CT molecular complexity index is 2140. The maximum Gasteiger partial charge on any atom is 1.00 e. The molecule has 4 aliphatic rings. The van der Waals surface area contributed by atoms with Gasteiger partial charge in [0.25, 0.3) is 0 Å². The van der Waals surface area contributed by atoms with Crippen LogP contribution in [0.25, 0.3) is 0 Å². The van der Waals surface area contributed by atoms with Gasteiger partial charge in [0, 0.05) is 23.4 Å². The molecule has 4 aliphatic carbocycles. The number of aliphatic hydroxyl groups is 2. The van der Waals surface area contributed by atoms with Crippen molar-refractivity contribution in [1.29, 1.82) is 10.5 Å². The maximum atomic E-state index is 10.5. The molecule has 388 valence electrons. The number of phenols is 1. The second-order valence-corrected chi connectivity index (χ2v) is 19.8. The molecular weight excluding hydrogens is 1000 g/mol. The zero-order valence-corrected chi connectivity index (χ0v) is 48.1. The Hall–Kier alpha value is -3.64. The van der Waals surface area contributed by atoms with Crippen LogP contribution < -0.4 is 76.4 Å². The number of carbonyl (C=O) groups excluding carboxylic acids is 2. The number of hydrogen-bond donors (Lipinski definition) is 4. The van der Waals surface area contributed by atoms with E-state index in [1.807, 2.05) is 66.7 Å². The second-order valence-electron chi connectivity index (χ2n) is 19.1. The molecular formula is C58H79BrKN3O9. The van der Waals surface area contributed by atoms with Gasteiger partial charge in [-0.2, -0.15) is 10.5 Å². The summed E-state index contributed by atoms with van der Waals surface area (Å²) in [6.45, 7) is 9.18. The number of aldehydes is 2. The molecule has 8 rings (SSSR count). The number of halogens is 1. The summed E-state index contributed by atoms with van der Waals surface area (Å²) in [5.74, 6) is 5.76. The van der Waals surface area contributed by atoms with E-state index < -0.39 is 17.8 Å². The average molecular weight is 1080 g/mol. The first-order chi connectivity index (χ1) is 34.1. The van der Waals surface area contributed by atoms with Crippen molar-refractivity contribution in [1.82, 2.24) is 0 Å². The van der Waals surface area contributed by atoms with Crippen molar-refractivity contribution in [2.75, 3.05) is 31.7 Å². The zero-order valence-electron chi connectivity index (χ0n) is 43.4. The number of rotatable bonds is 17. The maximum absolute atomic E-state index is 10.5. The predicted octanol–water partition coefficient (Wildman–Crippen LogP) is 8.80. The zero-order chi connectivity index (χ0) is 52.3. The van der Waals surface area contributed by atoms with Gasteiger partial charge in [-0.1, -0.05) is 111 Å². The van der Waals surface area contributed by atoms with Gasteiger partial charge in [0.2, 0.25) is 0 Å². The van der Waals surface area contributed by atoms with Crippen molar-refractivity contribution < 1.29 is 95.6 Å². The first kappa shape index (κ1) is 66.4. The third-order valence-corrected chi connectivity index (χ3v) is 12.7. The summed E-state index contributed by atoms with van der Waals surface area (Å²) < 4.78 is 17.0. The van der Waals surface area contributed by atoms with Crippen LogP contribution in [0.4, 0.5) is 0 Å². The van der Waals surface area contributed by atoms with E-state index in [1.54, 1.807) is 51.1 Å². The van der Waals surface area contributed by atoms with Gasteiger partial charge in [-0.15, -0.1) is 5.60 Å². The van der Waals surface area contributed by atoms with Gasteiger partial charge < -0.3 is 40.4 Å². The van der Waals surface area contributed by atoms with Crippen LogP contribution in [0.1, 0.15) is 162 Å². The van der Waals surface area contributed by atoms with Crippen molar-refractivity contribution in [3.8, 4) is 35.1 Å². The largest absolute Gasteiger partial charge is 1.00 e. The van der Waals surface area contributed by atoms with Gasteiger partial charge in [-0.05, 0) is 148 Å². The molecule has 72 heavy (non-hydrogen) atoms. The Morgan fingerprint density at radius 2 is 1.03 bits per heavy atom. The molecule has 4 saturated carbocycles. The predicted molar refractivity (Wildman–Crippen MR) is 283 cm³/mol. The third kappa shape index (κ3) is 31.2. The van der Waals surface area contributed by atoms with Crippen molar-refractivity contribution >= 4 is 28.5 Å². The van der Waals surface area contributed by atoms with E-state index in [0.717, 1.165) is 72.2 Å². The molecule has 0 aromatic heterocycles. The summed E-state index contributed by atoms with van der Waals surface area (Å²) in [7, 11) is 0. The van der Waals surface area contributed by atoms with Crippen LogP contribution in [-0.2, 0) is 0 Å². The number of aliphatic hydroxyl groups excluding tert-OH is 2. The van der Waals surface area contributed by atoms with Crippen LogP contribution in [0.3, 0.4) is 0 Å². The Balaban J connectivity index is 0.000000445. The van der Waals surface area contributed by atoms with Gasteiger partial charge in [0.1, 0.15) is 35.6 Å². The quantitative estimate of drug-likeness (QED) is 0.0443. The minimum Gasteiger partial charge on any atom is -0.850 e. The summed E-state index contributed by atoms with van der Waals surface area (Å²) in [5.41, 5.74) is 7.50. The number of nitrogens with zero attached hydrogens (tertiary/aromatic N) is 2. The van der Waals surface area contributed by atoms with Crippen LogP contribution in [0.2, 0.25) is 0 Å². The van der Waals surface area contributed by atoms with Crippen molar-refractivity contribution in [3.05, 3.63) is 119 Å². The normalized spacial score (nSPS) is 15.3. The standard InChI is InChI=1S/C14H21NO2.C14H17NO2.C12H14O2.C7H6O2.C5H9Br.C4H9O.C2H3N.K/c2*15-8-7-14(16)12-5-2-6-13(9-12)17-10-11-3-1-4-11;13-8-11-5-2-6-12(7-11)14-9-10-3-1-4-10;8-5-6-2-1-3-7(9)4-6;6-4-5-2-1-3-5;1-4(2,3)5;1-2-3;/h2,5-6,9,11,14,16H,1,3-4,7-8,10,15H2;2,5-6,9,11,14,16H,1,3-4,7,10H2;2,5-8,10H,1,3-4,9H2;1-5,9H;5H,1-4H2;1-3H3;1H3;/q;;;;;-1;;+1. The van der Waals surface area contributed by atoms with Crippen molar-refractivity contribution in [2.45, 2.75) is 135 Å². The van der Waals surface area contributed by atoms with E-state index >= 15 is 0 Å². The molecule has 0 bridgehead atoms. The van der Waals surface area contributed by atoms with Crippen LogP contribution in [0, 0.1) is 46.3 Å². The van der Waals surface area contributed by atoms with E-state index in [1.165, 1.54) is 101 Å². The van der Waals surface area contributed by atoms with E-state index in [4.69, 9.17) is 35.6 Å². The Labute approximate surface area is 481 Å². The number of nitrogens with two attached hydrogens (primary N) is 1. The first-order valence-electron chi connectivity index (χ1n) is 25.0. The first-order valence-corrected chi connectivity index (χ1v) is 26.1. The van der Waals surface area contributed by atoms with Crippen molar-refractivity contribution in [3.63, 3.8) is 0 Å². The van der Waals surface area contributed by atoms with E-state index in [0.29, 0.717) is 36.3 Å². The molecule has 5 N–H and O–H groups in total. The van der Waals surface area contributed by atoms with E-state index in [9.17, 15) is 24.9 Å². The SMILES string of the molecule is BrCC1CCC1.CC#N.CC(C)(C)[O-].N#CCC(O)c1cccc(OCC2CCC2)c1.NCCC(O)c1cccc(OCC2CCC2)c1.O=Cc1cccc(O)c1.O=Cc1cccc(OCC2CCC2)c1.[K+]. The van der Waals surface area contributed by atoms with Crippen LogP contribution in [0.15, 0.2) is 97.1 Å². The molecule has 0 spiro atoms. The Morgan fingerprint density at radius 1 is 0.667 bits per heavy atom. The number of alkyl halides is 1. The summed E-state index contributed by atoms with van der Waals surface area (Å²) in [6, 6.07) is 32.3. The van der Waals surface area contributed by atoms with Crippen LogP contribution >= 0.6 is 15.9 Å². The fraction of sp³-hybridized carbons (Fsp3) is 0.517. The molecule has 4 aromatic carbocycles. The summed E-state index contributed by atoms with van der Waals surface area (Å²) >= 11 is 3.43. The fourth-order valence-corrected chi connectivity index (χ4v) is 7.34. The number of carbonyl (C=O) groups is 2.